The molecule has 2 aromatic carbocycles. The maximum absolute atomic E-state index is 14.0. The lowest BCUT2D eigenvalue weighted by atomic mass is 9.77. The molecule has 2 aliphatic rings. The number of imide groups is 1. The Hall–Kier alpha value is -3.72. The van der Waals surface area contributed by atoms with Crippen LogP contribution in [0.3, 0.4) is 0 Å². The van der Waals surface area contributed by atoms with Gasteiger partial charge in [0.2, 0.25) is 11.8 Å². The number of benzene rings is 2. The molecule has 4 rings (SSSR count). The first kappa shape index (κ1) is 25.4. The van der Waals surface area contributed by atoms with Gasteiger partial charge in [0, 0.05) is 17.2 Å². The summed E-state index contributed by atoms with van der Waals surface area (Å²) < 4.78 is 16.2. The summed E-state index contributed by atoms with van der Waals surface area (Å²) in [5.74, 6) is -2.67. The first-order valence-corrected chi connectivity index (χ1v) is 11.8. The van der Waals surface area contributed by atoms with E-state index in [1.807, 2.05) is 6.92 Å². The van der Waals surface area contributed by atoms with Gasteiger partial charge in [-0.2, -0.15) is 0 Å². The molecule has 190 valence electrons. The Morgan fingerprint density at radius 3 is 2.39 bits per heavy atom. The van der Waals surface area contributed by atoms with Crippen molar-refractivity contribution in [3.8, 4) is 11.5 Å². The smallest absolute Gasteiger partial charge is 0.326 e. The van der Waals surface area contributed by atoms with Crippen molar-refractivity contribution in [1.82, 2.24) is 5.32 Å². The maximum Gasteiger partial charge on any atom is 0.326 e. The van der Waals surface area contributed by atoms with Crippen LogP contribution in [0, 0.1) is 11.8 Å². The van der Waals surface area contributed by atoms with E-state index in [2.05, 4.69) is 5.32 Å². The van der Waals surface area contributed by atoms with E-state index in [1.54, 1.807) is 36.4 Å². The van der Waals surface area contributed by atoms with Crippen LogP contribution in [0.4, 0.5) is 5.69 Å². The monoisotopic (exact) mass is 494 g/mol. The third kappa shape index (κ3) is 3.83. The number of esters is 1. The SMILES string of the molecule is CCC[C@@]1(C(=O)OC)N[C@@H](c2cc(OC)ccc2OC)[C@H]2C(=O)N(c3cccc(C(C)=O)c3)C(=O)[C@H]21. The summed E-state index contributed by atoms with van der Waals surface area (Å²) in [5, 5.41) is 3.33. The number of nitrogens with one attached hydrogen (secondary N) is 1. The number of carbonyl (C=O) groups is 4. The maximum atomic E-state index is 14.0. The minimum atomic E-state index is -1.42. The molecule has 2 saturated heterocycles. The predicted octanol–water partition coefficient (Wildman–Crippen LogP) is 3.07. The van der Waals surface area contributed by atoms with Gasteiger partial charge in [0.25, 0.3) is 0 Å². The lowest BCUT2D eigenvalue weighted by molar-refractivity contribution is -0.152. The number of fused-ring (bicyclic) bond motifs is 1. The third-order valence-electron chi connectivity index (χ3n) is 7.13. The number of hydrogen-bond donors (Lipinski definition) is 1. The number of anilines is 1. The number of rotatable bonds is 8. The molecular formula is C27H30N2O7. The molecule has 2 fully saturated rings. The number of hydrogen-bond acceptors (Lipinski definition) is 8. The van der Waals surface area contributed by atoms with Crippen LogP contribution in [0.2, 0.25) is 0 Å². The highest BCUT2D eigenvalue weighted by Crippen LogP contribution is 2.53. The Morgan fingerprint density at radius 1 is 1.03 bits per heavy atom. The molecular weight excluding hydrogens is 464 g/mol. The van der Waals surface area contributed by atoms with Crippen molar-refractivity contribution < 1.29 is 33.4 Å². The zero-order chi connectivity index (χ0) is 26.2. The van der Waals surface area contributed by atoms with E-state index in [9.17, 15) is 19.2 Å². The summed E-state index contributed by atoms with van der Waals surface area (Å²) in [6.07, 6.45) is 0.846. The van der Waals surface area contributed by atoms with E-state index in [1.165, 1.54) is 34.3 Å². The molecule has 0 bridgehead atoms. The van der Waals surface area contributed by atoms with Crippen LogP contribution in [0.5, 0.6) is 11.5 Å². The molecule has 0 spiro atoms. The summed E-state index contributed by atoms with van der Waals surface area (Å²) in [5.41, 5.74) is -0.165. The van der Waals surface area contributed by atoms with Crippen LogP contribution in [0.25, 0.3) is 0 Å². The Kier molecular flexibility index (Phi) is 6.86. The molecule has 36 heavy (non-hydrogen) atoms. The van der Waals surface area contributed by atoms with Crippen LogP contribution < -0.4 is 19.7 Å². The second kappa shape index (κ2) is 9.73. The van der Waals surface area contributed by atoms with Gasteiger partial charge in [-0.1, -0.05) is 25.5 Å². The highest BCUT2D eigenvalue weighted by Gasteiger charge is 2.68. The fourth-order valence-corrected chi connectivity index (χ4v) is 5.57. The molecule has 2 amide bonds. The van der Waals surface area contributed by atoms with Crippen LogP contribution in [0.15, 0.2) is 42.5 Å². The van der Waals surface area contributed by atoms with Crippen LogP contribution in [-0.4, -0.2) is 50.4 Å². The van der Waals surface area contributed by atoms with E-state index in [4.69, 9.17) is 14.2 Å². The van der Waals surface area contributed by atoms with E-state index >= 15 is 0 Å². The lowest BCUT2D eigenvalue weighted by Crippen LogP contribution is -2.56. The topological polar surface area (TPSA) is 111 Å². The molecule has 0 aliphatic carbocycles. The van der Waals surface area contributed by atoms with Gasteiger partial charge in [0.1, 0.15) is 17.0 Å². The summed E-state index contributed by atoms with van der Waals surface area (Å²) in [7, 11) is 4.31. The minimum Gasteiger partial charge on any atom is -0.497 e. The van der Waals surface area contributed by atoms with Gasteiger partial charge in [0.15, 0.2) is 5.78 Å². The van der Waals surface area contributed by atoms with E-state index in [0.717, 1.165) is 4.90 Å². The number of nitrogens with zero attached hydrogens (tertiary/aromatic N) is 1. The third-order valence-corrected chi connectivity index (χ3v) is 7.13. The minimum absolute atomic E-state index is 0.188. The van der Waals surface area contributed by atoms with Gasteiger partial charge >= 0.3 is 5.97 Å². The molecule has 0 unspecified atom stereocenters. The van der Waals surface area contributed by atoms with Crippen molar-refractivity contribution in [2.45, 2.75) is 38.3 Å². The van der Waals surface area contributed by atoms with Gasteiger partial charge in [-0.15, -0.1) is 0 Å². The zero-order valence-electron chi connectivity index (χ0n) is 21.0. The van der Waals surface area contributed by atoms with Gasteiger partial charge < -0.3 is 14.2 Å². The van der Waals surface area contributed by atoms with E-state index in [0.29, 0.717) is 34.7 Å². The molecule has 2 aliphatic heterocycles. The lowest BCUT2D eigenvalue weighted by Gasteiger charge is -2.32. The van der Waals surface area contributed by atoms with Crippen molar-refractivity contribution in [2.24, 2.45) is 11.8 Å². The van der Waals surface area contributed by atoms with E-state index < -0.39 is 41.2 Å². The highest BCUT2D eigenvalue weighted by atomic mass is 16.5. The summed E-state index contributed by atoms with van der Waals surface area (Å²) in [6.45, 7) is 3.32. The summed E-state index contributed by atoms with van der Waals surface area (Å²) in [6, 6.07) is 10.8. The molecule has 0 radical (unpaired) electrons. The molecule has 2 aromatic rings. The molecule has 9 nitrogen and oxygen atoms in total. The number of ketones is 1. The number of carbonyl (C=O) groups excluding carboxylic acids is 4. The fraction of sp³-hybridized carbons (Fsp3) is 0.407. The molecule has 4 atom stereocenters. The number of ether oxygens (including phenoxy) is 3. The van der Waals surface area contributed by atoms with Gasteiger partial charge in [0.05, 0.1) is 38.9 Å². The number of methoxy groups -OCH3 is 3. The average molecular weight is 495 g/mol. The predicted molar refractivity (Wildman–Crippen MR) is 131 cm³/mol. The van der Waals surface area contributed by atoms with Crippen molar-refractivity contribution >= 4 is 29.3 Å². The standard InChI is InChI=1S/C27H30N2O7/c1-6-12-27(26(33)36-5)22-21(23(28-27)19-14-18(34-3)10-11-20(19)35-4)24(31)29(25(22)32)17-9-7-8-16(13-17)15(2)30/h7-11,13-14,21-23,28H,6,12H2,1-5H3/t21-,22-,23-,27+/m0/s1. The van der Waals surface area contributed by atoms with Gasteiger partial charge in [-0.05, 0) is 43.7 Å². The number of amides is 2. The van der Waals surface area contributed by atoms with Gasteiger partial charge in [-0.25, -0.2) is 4.90 Å². The van der Waals surface area contributed by atoms with E-state index in [-0.39, 0.29) is 12.2 Å². The van der Waals surface area contributed by atoms with Crippen molar-refractivity contribution in [3.63, 3.8) is 0 Å². The first-order chi connectivity index (χ1) is 17.2. The Bertz CT molecular complexity index is 1230. The van der Waals surface area contributed by atoms with Crippen molar-refractivity contribution in [3.05, 3.63) is 53.6 Å². The fourth-order valence-electron chi connectivity index (χ4n) is 5.57. The molecule has 9 heteroatoms. The zero-order valence-corrected chi connectivity index (χ0v) is 21.0. The average Bonchev–Trinajstić information content (AvgIpc) is 3.37. The highest BCUT2D eigenvalue weighted by molar-refractivity contribution is 6.24. The summed E-state index contributed by atoms with van der Waals surface area (Å²) in [4.78, 5) is 54.3. The molecule has 1 N–H and O–H groups in total. The van der Waals surface area contributed by atoms with Crippen molar-refractivity contribution in [1.29, 1.82) is 0 Å². The van der Waals surface area contributed by atoms with Crippen LogP contribution >= 0.6 is 0 Å². The Labute approximate surface area is 209 Å². The molecule has 2 heterocycles. The van der Waals surface area contributed by atoms with Crippen LogP contribution in [0.1, 0.15) is 48.7 Å². The first-order valence-electron chi connectivity index (χ1n) is 11.8. The summed E-state index contributed by atoms with van der Waals surface area (Å²) >= 11 is 0. The molecule has 0 saturated carbocycles. The number of Topliss-reactive ketones (excluding diaryl/α,β-unsaturated/α-hetero) is 1. The largest absolute Gasteiger partial charge is 0.497 e. The second-order valence-corrected chi connectivity index (χ2v) is 9.06. The Morgan fingerprint density at radius 2 is 1.78 bits per heavy atom. The normalized spacial score (nSPS) is 25.0. The second-order valence-electron chi connectivity index (χ2n) is 9.06. The Balaban J connectivity index is 1.91. The molecule has 0 aromatic heterocycles. The van der Waals surface area contributed by atoms with Crippen molar-refractivity contribution in [2.75, 3.05) is 26.2 Å². The van der Waals surface area contributed by atoms with Crippen LogP contribution in [-0.2, 0) is 19.1 Å². The van der Waals surface area contributed by atoms with Gasteiger partial charge in [-0.3, -0.25) is 24.5 Å². The quantitative estimate of drug-likeness (QED) is 0.339.